The first-order valence-electron chi connectivity index (χ1n) is 7.26. The lowest BCUT2D eigenvalue weighted by Gasteiger charge is -2.32. The molecule has 1 N–H and O–H groups in total. The lowest BCUT2D eigenvalue weighted by atomic mass is 10.2. The Labute approximate surface area is 124 Å². The second-order valence-electron chi connectivity index (χ2n) is 5.14. The van der Waals surface area contributed by atoms with Crippen LogP contribution in [0, 0.1) is 5.82 Å². The van der Waals surface area contributed by atoms with Crippen LogP contribution in [0.15, 0.2) is 48.5 Å². The molecule has 0 amide bonds. The molecule has 110 valence electrons. The number of benzene rings is 2. The maximum atomic E-state index is 13.4. The van der Waals surface area contributed by atoms with Gasteiger partial charge < -0.3 is 15.0 Å². The number of hydrogen-bond donors (Lipinski definition) is 1. The summed E-state index contributed by atoms with van der Waals surface area (Å²) in [5.41, 5.74) is 1.92. The molecule has 4 heteroatoms. The number of nitrogens with one attached hydrogen (secondary N) is 1. The van der Waals surface area contributed by atoms with E-state index >= 15 is 0 Å². The van der Waals surface area contributed by atoms with Crippen LogP contribution in [0.1, 0.15) is 6.92 Å². The first-order chi connectivity index (χ1) is 10.3. The normalized spacial score (nSPS) is 16.6. The van der Waals surface area contributed by atoms with Gasteiger partial charge in [0.15, 0.2) is 0 Å². The molecule has 0 aliphatic carbocycles. The first kappa shape index (κ1) is 13.7. The molecular weight excluding hydrogens is 267 g/mol. The van der Waals surface area contributed by atoms with Crippen molar-refractivity contribution in [2.45, 2.75) is 13.0 Å². The Morgan fingerprint density at radius 2 is 2.10 bits per heavy atom. The van der Waals surface area contributed by atoms with Crippen LogP contribution in [-0.2, 0) is 0 Å². The summed E-state index contributed by atoms with van der Waals surface area (Å²) in [6.45, 7) is 4.35. The summed E-state index contributed by atoms with van der Waals surface area (Å²) in [7, 11) is 0. The van der Waals surface area contributed by atoms with Crippen molar-refractivity contribution in [3.63, 3.8) is 0 Å². The molecule has 3 nitrogen and oxygen atoms in total. The fourth-order valence-corrected chi connectivity index (χ4v) is 2.60. The Morgan fingerprint density at radius 1 is 1.24 bits per heavy atom. The van der Waals surface area contributed by atoms with Crippen molar-refractivity contribution in [1.29, 1.82) is 0 Å². The SMILES string of the molecule is CCN(CC1CNc2ccccc2O1)c1cccc(F)c1. The molecule has 2 aromatic carbocycles. The zero-order chi connectivity index (χ0) is 14.7. The second kappa shape index (κ2) is 6.04. The van der Waals surface area contributed by atoms with Gasteiger partial charge in [0.05, 0.1) is 18.8 Å². The molecule has 1 heterocycles. The van der Waals surface area contributed by atoms with Gasteiger partial charge in [0.25, 0.3) is 0 Å². The predicted octanol–water partition coefficient (Wildman–Crippen LogP) is 3.53. The van der Waals surface area contributed by atoms with E-state index in [4.69, 9.17) is 4.74 Å². The maximum absolute atomic E-state index is 13.4. The molecule has 0 bridgehead atoms. The number of ether oxygens (including phenoxy) is 1. The van der Waals surface area contributed by atoms with Gasteiger partial charge >= 0.3 is 0 Å². The molecule has 0 radical (unpaired) electrons. The molecule has 0 saturated heterocycles. The van der Waals surface area contributed by atoms with Gasteiger partial charge in [0, 0.05) is 12.2 Å². The number of halogens is 1. The van der Waals surface area contributed by atoms with Crippen LogP contribution in [0.3, 0.4) is 0 Å². The van der Waals surface area contributed by atoms with Gasteiger partial charge in [-0.05, 0) is 37.3 Å². The van der Waals surface area contributed by atoms with E-state index in [2.05, 4.69) is 17.1 Å². The summed E-state index contributed by atoms with van der Waals surface area (Å²) in [4.78, 5) is 2.13. The van der Waals surface area contributed by atoms with E-state index in [1.165, 1.54) is 6.07 Å². The minimum Gasteiger partial charge on any atom is -0.485 e. The molecule has 0 saturated carbocycles. The molecule has 0 aromatic heterocycles. The van der Waals surface area contributed by atoms with Gasteiger partial charge in [-0.2, -0.15) is 0 Å². The molecule has 0 spiro atoms. The first-order valence-corrected chi connectivity index (χ1v) is 7.26. The Morgan fingerprint density at radius 3 is 2.90 bits per heavy atom. The predicted molar refractivity (Wildman–Crippen MR) is 83.6 cm³/mol. The average molecular weight is 286 g/mol. The Hall–Kier alpha value is -2.23. The zero-order valence-corrected chi connectivity index (χ0v) is 12.1. The van der Waals surface area contributed by atoms with Gasteiger partial charge in [0.2, 0.25) is 0 Å². The summed E-state index contributed by atoms with van der Waals surface area (Å²) in [5.74, 6) is 0.669. The smallest absolute Gasteiger partial charge is 0.143 e. The highest BCUT2D eigenvalue weighted by Crippen LogP contribution is 2.28. The number of fused-ring (bicyclic) bond motifs is 1. The lowest BCUT2D eigenvalue weighted by molar-refractivity contribution is 0.211. The number of hydrogen-bond acceptors (Lipinski definition) is 3. The minimum atomic E-state index is -0.209. The summed E-state index contributed by atoms with van der Waals surface area (Å²) < 4.78 is 19.4. The molecule has 2 aromatic rings. The molecule has 1 aliphatic rings. The topological polar surface area (TPSA) is 24.5 Å². The van der Waals surface area contributed by atoms with Crippen LogP contribution in [0.5, 0.6) is 5.75 Å². The van der Waals surface area contributed by atoms with Gasteiger partial charge in [0.1, 0.15) is 17.7 Å². The number of nitrogens with zero attached hydrogens (tertiary/aromatic N) is 1. The average Bonchev–Trinajstić information content (AvgIpc) is 2.52. The van der Waals surface area contributed by atoms with E-state index in [1.54, 1.807) is 12.1 Å². The fourth-order valence-electron chi connectivity index (χ4n) is 2.60. The monoisotopic (exact) mass is 286 g/mol. The van der Waals surface area contributed by atoms with E-state index < -0.39 is 0 Å². The van der Waals surface area contributed by atoms with E-state index in [0.29, 0.717) is 0 Å². The Kier molecular flexibility index (Phi) is 3.95. The number of anilines is 2. The summed E-state index contributed by atoms with van der Waals surface area (Å²) in [5, 5.41) is 3.38. The van der Waals surface area contributed by atoms with Crippen molar-refractivity contribution in [3.8, 4) is 5.75 Å². The Balaban J connectivity index is 1.71. The van der Waals surface area contributed by atoms with Crippen molar-refractivity contribution >= 4 is 11.4 Å². The van der Waals surface area contributed by atoms with Crippen molar-refractivity contribution < 1.29 is 9.13 Å². The Bertz CT molecular complexity index is 617. The second-order valence-corrected chi connectivity index (χ2v) is 5.14. The fraction of sp³-hybridized carbons (Fsp3) is 0.294. The number of para-hydroxylation sites is 2. The maximum Gasteiger partial charge on any atom is 0.143 e. The minimum absolute atomic E-state index is 0.0446. The summed E-state index contributed by atoms with van der Waals surface area (Å²) >= 11 is 0. The molecule has 0 fully saturated rings. The van der Waals surface area contributed by atoms with Gasteiger partial charge in [-0.3, -0.25) is 0 Å². The van der Waals surface area contributed by atoms with Gasteiger partial charge in [-0.15, -0.1) is 0 Å². The van der Waals surface area contributed by atoms with E-state index in [-0.39, 0.29) is 11.9 Å². The van der Waals surface area contributed by atoms with Crippen LogP contribution >= 0.6 is 0 Å². The van der Waals surface area contributed by atoms with E-state index in [1.807, 2.05) is 30.3 Å². The van der Waals surface area contributed by atoms with Crippen LogP contribution in [0.4, 0.5) is 15.8 Å². The zero-order valence-electron chi connectivity index (χ0n) is 12.1. The third kappa shape index (κ3) is 3.10. The third-order valence-corrected chi connectivity index (χ3v) is 3.68. The van der Waals surface area contributed by atoms with Crippen LogP contribution in [0.2, 0.25) is 0 Å². The number of rotatable bonds is 4. The summed E-state index contributed by atoms with van der Waals surface area (Å²) in [6.07, 6.45) is 0.0446. The highest BCUT2D eigenvalue weighted by Gasteiger charge is 2.21. The van der Waals surface area contributed by atoms with Gasteiger partial charge in [-0.25, -0.2) is 4.39 Å². The molecule has 21 heavy (non-hydrogen) atoms. The largest absolute Gasteiger partial charge is 0.485 e. The van der Waals surface area contributed by atoms with Crippen molar-refractivity contribution in [1.82, 2.24) is 0 Å². The lowest BCUT2D eigenvalue weighted by Crippen LogP contribution is -2.41. The van der Waals surface area contributed by atoms with Crippen LogP contribution in [0.25, 0.3) is 0 Å². The van der Waals surface area contributed by atoms with Crippen LogP contribution < -0.4 is 15.0 Å². The highest BCUT2D eigenvalue weighted by atomic mass is 19.1. The summed E-state index contributed by atoms with van der Waals surface area (Å²) in [6, 6.07) is 14.6. The van der Waals surface area contributed by atoms with Crippen molar-refractivity contribution in [3.05, 3.63) is 54.3 Å². The quantitative estimate of drug-likeness (QED) is 0.930. The van der Waals surface area contributed by atoms with Gasteiger partial charge in [-0.1, -0.05) is 18.2 Å². The standard InChI is InChI=1S/C17H19FN2O/c1-2-20(14-7-5-6-13(18)10-14)12-15-11-19-16-8-3-4-9-17(16)21-15/h3-10,15,19H,2,11-12H2,1H3. The molecule has 3 rings (SSSR count). The van der Waals surface area contributed by atoms with Crippen LogP contribution in [-0.4, -0.2) is 25.7 Å². The molecule has 1 unspecified atom stereocenters. The third-order valence-electron chi connectivity index (χ3n) is 3.68. The van der Waals surface area contributed by atoms with Crippen molar-refractivity contribution in [2.24, 2.45) is 0 Å². The molecular formula is C17H19FN2O. The molecule has 1 atom stereocenters. The van der Waals surface area contributed by atoms with Crippen molar-refractivity contribution in [2.75, 3.05) is 29.9 Å². The van der Waals surface area contributed by atoms with E-state index in [9.17, 15) is 4.39 Å². The number of likely N-dealkylation sites (N-methyl/N-ethyl adjacent to an activating group) is 1. The molecule has 1 aliphatic heterocycles. The van der Waals surface area contributed by atoms with E-state index in [0.717, 1.165) is 36.8 Å². The highest BCUT2D eigenvalue weighted by molar-refractivity contribution is 5.58.